The Labute approximate surface area is 180 Å². The van der Waals surface area contributed by atoms with Crippen LogP contribution in [-0.2, 0) is 0 Å². The standard InChI is InChI=1S/C20H19F3N6O3/c1-19(2,3)27-18(30)31-17-9-5-13(10-25-17)4-7-15-26-12-29(28-15)16-8-6-14(11-24-16)32-20(21,22)23/h4-12H,1-3H3,(H,27,30)/b7-4+. The molecule has 0 unspecified atom stereocenters. The van der Waals surface area contributed by atoms with E-state index in [9.17, 15) is 18.0 Å². The molecule has 0 spiro atoms. The van der Waals surface area contributed by atoms with E-state index in [0.717, 1.165) is 12.3 Å². The minimum Gasteiger partial charge on any atom is -0.404 e. The zero-order valence-corrected chi connectivity index (χ0v) is 17.3. The highest BCUT2D eigenvalue weighted by atomic mass is 19.4. The summed E-state index contributed by atoms with van der Waals surface area (Å²) in [6, 6.07) is 5.69. The van der Waals surface area contributed by atoms with Gasteiger partial charge in [0.2, 0.25) is 5.88 Å². The zero-order chi connectivity index (χ0) is 23.4. The van der Waals surface area contributed by atoms with Crippen molar-refractivity contribution in [2.45, 2.75) is 32.7 Å². The van der Waals surface area contributed by atoms with Crippen molar-refractivity contribution >= 4 is 18.2 Å². The number of rotatable bonds is 5. The molecule has 0 aliphatic rings. The molecule has 3 aromatic heterocycles. The van der Waals surface area contributed by atoms with Crippen molar-refractivity contribution in [1.29, 1.82) is 0 Å². The minimum absolute atomic E-state index is 0.148. The molecule has 32 heavy (non-hydrogen) atoms. The zero-order valence-electron chi connectivity index (χ0n) is 17.3. The van der Waals surface area contributed by atoms with Gasteiger partial charge in [-0.2, -0.15) is 0 Å². The predicted octanol–water partition coefficient (Wildman–Crippen LogP) is 4.01. The average Bonchev–Trinajstić information content (AvgIpc) is 3.14. The van der Waals surface area contributed by atoms with Crippen LogP contribution < -0.4 is 14.8 Å². The fourth-order valence-electron chi connectivity index (χ4n) is 2.31. The lowest BCUT2D eigenvalue weighted by molar-refractivity contribution is -0.274. The topological polar surface area (TPSA) is 104 Å². The summed E-state index contributed by atoms with van der Waals surface area (Å²) < 4.78 is 46.8. The number of carbonyl (C=O) groups is 1. The number of hydrogen-bond donors (Lipinski definition) is 1. The highest BCUT2D eigenvalue weighted by Gasteiger charge is 2.31. The molecule has 0 saturated carbocycles. The summed E-state index contributed by atoms with van der Waals surface area (Å²) in [6.45, 7) is 5.50. The number of amides is 1. The molecule has 0 aromatic carbocycles. The number of hydrogen-bond acceptors (Lipinski definition) is 7. The number of halogens is 3. The first-order valence-corrected chi connectivity index (χ1v) is 9.25. The number of pyridine rings is 2. The van der Waals surface area contributed by atoms with Gasteiger partial charge in [-0.1, -0.05) is 0 Å². The van der Waals surface area contributed by atoms with E-state index in [-0.39, 0.29) is 11.7 Å². The number of nitrogens with zero attached hydrogens (tertiary/aromatic N) is 5. The molecule has 0 bridgehead atoms. The Bertz CT molecular complexity index is 1090. The quantitative estimate of drug-likeness (QED) is 0.629. The van der Waals surface area contributed by atoms with Crippen molar-refractivity contribution in [3.05, 3.63) is 54.4 Å². The second-order valence-corrected chi connectivity index (χ2v) is 7.47. The fraction of sp³-hybridized carbons (Fsp3) is 0.250. The van der Waals surface area contributed by atoms with E-state index < -0.39 is 23.7 Å². The number of aromatic nitrogens is 5. The largest absolute Gasteiger partial charge is 0.573 e. The Kier molecular flexibility index (Phi) is 6.42. The van der Waals surface area contributed by atoms with Gasteiger partial charge in [-0.05, 0) is 56.7 Å². The number of alkyl halides is 3. The molecular formula is C20H19F3N6O3. The normalized spacial score (nSPS) is 12.1. The van der Waals surface area contributed by atoms with Crippen LogP contribution in [0.25, 0.3) is 18.0 Å². The van der Waals surface area contributed by atoms with Crippen LogP contribution in [0.15, 0.2) is 43.0 Å². The maximum Gasteiger partial charge on any atom is 0.573 e. The highest BCUT2D eigenvalue weighted by molar-refractivity contribution is 5.71. The second-order valence-electron chi connectivity index (χ2n) is 7.47. The van der Waals surface area contributed by atoms with Crippen molar-refractivity contribution in [3.63, 3.8) is 0 Å². The van der Waals surface area contributed by atoms with E-state index in [2.05, 4.69) is 30.1 Å². The molecular weight excluding hydrogens is 429 g/mol. The van der Waals surface area contributed by atoms with E-state index in [4.69, 9.17) is 4.74 Å². The second kappa shape index (κ2) is 9.04. The minimum atomic E-state index is -4.79. The SMILES string of the molecule is CC(C)(C)NC(=O)Oc1ccc(/C=C/c2ncn(-c3ccc(OC(F)(F)F)cn3)n2)cn1. The monoisotopic (exact) mass is 448 g/mol. The van der Waals surface area contributed by atoms with Gasteiger partial charge in [0.05, 0.1) is 6.20 Å². The van der Waals surface area contributed by atoms with Crippen LogP contribution in [0.4, 0.5) is 18.0 Å². The summed E-state index contributed by atoms with van der Waals surface area (Å²) in [6.07, 6.45) is 1.74. The van der Waals surface area contributed by atoms with Crippen molar-refractivity contribution in [3.8, 4) is 17.4 Å². The van der Waals surface area contributed by atoms with Crippen LogP contribution >= 0.6 is 0 Å². The van der Waals surface area contributed by atoms with Crippen LogP contribution in [0.2, 0.25) is 0 Å². The molecule has 9 nitrogen and oxygen atoms in total. The fourth-order valence-corrected chi connectivity index (χ4v) is 2.31. The molecule has 1 N–H and O–H groups in total. The van der Waals surface area contributed by atoms with Crippen LogP contribution in [0, 0.1) is 0 Å². The van der Waals surface area contributed by atoms with Gasteiger partial charge in [0, 0.05) is 17.8 Å². The first-order valence-electron chi connectivity index (χ1n) is 9.25. The molecule has 0 saturated heterocycles. The average molecular weight is 448 g/mol. The third kappa shape index (κ3) is 7.07. The van der Waals surface area contributed by atoms with Crippen LogP contribution in [0.1, 0.15) is 32.2 Å². The van der Waals surface area contributed by atoms with E-state index in [1.165, 1.54) is 23.3 Å². The van der Waals surface area contributed by atoms with Gasteiger partial charge in [-0.25, -0.2) is 24.4 Å². The summed E-state index contributed by atoms with van der Waals surface area (Å²) >= 11 is 0. The van der Waals surface area contributed by atoms with Crippen LogP contribution in [-0.4, -0.2) is 42.7 Å². The molecule has 3 rings (SSSR count). The maximum atomic E-state index is 12.2. The Morgan fingerprint density at radius 2 is 1.81 bits per heavy atom. The lowest BCUT2D eigenvalue weighted by Gasteiger charge is -2.19. The number of carbonyl (C=O) groups excluding carboxylic acids is 1. The Morgan fingerprint density at radius 1 is 1.03 bits per heavy atom. The van der Waals surface area contributed by atoms with E-state index in [1.54, 1.807) is 24.3 Å². The van der Waals surface area contributed by atoms with Crippen LogP contribution in [0.5, 0.6) is 11.6 Å². The lowest BCUT2D eigenvalue weighted by atomic mass is 10.1. The van der Waals surface area contributed by atoms with Crippen molar-refractivity contribution in [2.24, 2.45) is 0 Å². The smallest absolute Gasteiger partial charge is 0.404 e. The highest BCUT2D eigenvalue weighted by Crippen LogP contribution is 2.22. The van der Waals surface area contributed by atoms with Crippen LogP contribution in [0.3, 0.4) is 0 Å². The van der Waals surface area contributed by atoms with E-state index in [1.807, 2.05) is 20.8 Å². The van der Waals surface area contributed by atoms with Gasteiger partial charge in [0.15, 0.2) is 11.6 Å². The van der Waals surface area contributed by atoms with Gasteiger partial charge in [-0.3, -0.25) is 0 Å². The van der Waals surface area contributed by atoms with Gasteiger partial charge in [-0.15, -0.1) is 18.3 Å². The summed E-state index contributed by atoms with van der Waals surface area (Å²) in [5.41, 5.74) is 0.279. The third-order valence-electron chi connectivity index (χ3n) is 3.56. The van der Waals surface area contributed by atoms with E-state index >= 15 is 0 Å². The number of nitrogens with one attached hydrogen (secondary N) is 1. The van der Waals surface area contributed by atoms with Crippen molar-refractivity contribution in [1.82, 2.24) is 30.0 Å². The predicted molar refractivity (Wildman–Crippen MR) is 108 cm³/mol. The lowest BCUT2D eigenvalue weighted by Crippen LogP contribution is -2.42. The molecule has 1 amide bonds. The Hall–Kier alpha value is -3.96. The molecule has 3 aromatic rings. The summed E-state index contributed by atoms with van der Waals surface area (Å²) in [4.78, 5) is 23.8. The molecule has 0 aliphatic carbocycles. The maximum absolute atomic E-state index is 12.2. The molecule has 0 radical (unpaired) electrons. The first kappa shape index (κ1) is 22.7. The summed E-state index contributed by atoms with van der Waals surface area (Å²) in [5, 5.41) is 6.85. The van der Waals surface area contributed by atoms with Crippen molar-refractivity contribution in [2.75, 3.05) is 0 Å². The van der Waals surface area contributed by atoms with Gasteiger partial charge < -0.3 is 14.8 Å². The van der Waals surface area contributed by atoms with Gasteiger partial charge in [0.1, 0.15) is 12.1 Å². The molecule has 168 valence electrons. The Morgan fingerprint density at radius 3 is 2.41 bits per heavy atom. The van der Waals surface area contributed by atoms with E-state index in [0.29, 0.717) is 11.4 Å². The molecule has 0 aliphatic heterocycles. The summed E-state index contributed by atoms with van der Waals surface area (Å²) in [7, 11) is 0. The summed E-state index contributed by atoms with van der Waals surface area (Å²) in [5.74, 6) is 0.323. The molecule has 3 heterocycles. The third-order valence-corrected chi connectivity index (χ3v) is 3.56. The Balaban J connectivity index is 1.60. The molecule has 12 heteroatoms. The van der Waals surface area contributed by atoms with Gasteiger partial charge >= 0.3 is 12.5 Å². The van der Waals surface area contributed by atoms with Gasteiger partial charge in [0.25, 0.3) is 0 Å². The number of ether oxygens (including phenoxy) is 2. The molecule has 0 fully saturated rings. The van der Waals surface area contributed by atoms with Crippen molar-refractivity contribution < 1.29 is 27.4 Å². The molecule has 0 atom stereocenters. The first-order chi connectivity index (χ1) is 15.0.